The molecule has 3 atom stereocenters. The van der Waals surface area contributed by atoms with Gasteiger partial charge in [0.1, 0.15) is 0 Å². The number of sulfone groups is 1. The van der Waals surface area contributed by atoms with Crippen molar-refractivity contribution < 1.29 is 13.5 Å². The molecule has 100 valence electrons. The maximum absolute atomic E-state index is 11.4. The van der Waals surface area contributed by atoms with Gasteiger partial charge in [-0.15, -0.1) is 0 Å². The Kier molecular flexibility index (Phi) is 3.75. The second-order valence-corrected chi connectivity index (χ2v) is 7.15. The molecule has 2 N–H and O–H groups in total. The summed E-state index contributed by atoms with van der Waals surface area (Å²) in [7, 11) is -3.10. The van der Waals surface area contributed by atoms with Crippen LogP contribution in [0.2, 0.25) is 0 Å². The van der Waals surface area contributed by atoms with Crippen molar-refractivity contribution in [2.75, 3.05) is 11.5 Å². The molecule has 0 aromatic heterocycles. The van der Waals surface area contributed by atoms with Gasteiger partial charge in [-0.2, -0.15) is 0 Å². The average molecular weight is 269 g/mol. The standard InChI is InChI=1S/C13H19NO3S/c1-9-5-3-4-6-11(9)10(2)14-12-7-18(16,17)8-13(12)15/h3-6,10,12-15H,7-8H2,1-2H3/t10-,12?,13?/m0/s1. The summed E-state index contributed by atoms with van der Waals surface area (Å²) in [4.78, 5) is 0. The number of aliphatic hydroxyl groups is 1. The minimum absolute atomic E-state index is 0.0182. The number of nitrogens with one attached hydrogen (secondary N) is 1. The lowest BCUT2D eigenvalue weighted by Crippen LogP contribution is -2.40. The van der Waals surface area contributed by atoms with Gasteiger partial charge in [-0.3, -0.25) is 0 Å². The molecule has 1 heterocycles. The Morgan fingerprint density at radius 1 is 1.33 bits per heavy atom. The Labute approximate surface area is 108 Å². The molecule has 1 aliphatic rings. The van der Waals surface area contributed by atoms with Crippen molar-refractivity contribution in [1.29, 1.82) is 0 Å². The van der Waals surface area contributed by atoms with E-state index in [1.807, 2.05) is 38.1 Å². The van der Waals surface area contributed by atoms with Gasteiger partial charge in [0.15, 0.2) is 9.84 Å². The van der Waals surface area contributed by atoms with Gasteiger partial charge in [-0.1, -0.05) is 24.3 Å². The van der Waals surface area contributed by atoms with Crippen LogP contribution in [0.4, 0.5) is 0 Å². The van der Waals surface area contributed by atoms with Gasteiger partial charge < -0.3 is 10.4 Å². The van der Waals surface area contributed by atoms with Gasteiger partial charge in [0.05, 0.1) is 17.6 Å². The van der Waals surface area contributed by atoms with E-state index in [-0.39, 0.29) is 23.6 Å². The zero-order chi connectivity index (χ0) is 13.3. The van der Waals surface area contributed by atoms with E-state index in [0.717, 1.165) is 11.1 Å². The molecule has 4 nitrogen and oxygen atoms in total. The summed E-state index contributed by atoms with van der Waals surface area (Å²) in [5.41, 5.74) is 2.29. The third-order valence-electron chi connectivity index (χ3n) is 3.44. The number of aliphatic hydroxyl groups excluding tert-OH is 1. The molecule has 1 aliphatic heterocycles. The van der Waals surface area contributed by atoms with E-state index in [2.05, 4.69) is 5.32 Å². The number of hydrogen-bond acceptors (Lipinski definition) is 4. The van der Waals surface area contributed by atoms with Crippen LogP contribution in [0.3, 0.4) is 0 Å². The van der Waals surface area contributed by atoms with Crippen molar-refractivity contribution in [2.24, 2.45) is 0 Å². The van der Waals surface area contributed by atoms with Crippen LogP contribution < -0.4 is 5.32 Å². The average Bonchev–Trinajstić information content (AvgIpc) is 2.52. The highest BCUT2D eigenvalue weighted by Gasteiger charge is 2.36. The molecule has 1 fully saturated rings. The molecule has 5 heteroatoms. The first kappa shape index (κ1) is 13.5. The summed E-state index contributed by atoms with van der Waals surface area (Å²) in [6.45, 7) is 4.01. The summed E-state index contributed by atoms with van der Waals surface area (Å²) in [6, 6.07) is 7.63. The quantitative estimate of drug-likeness (QED) is 0.852. The van der Waals surface area contributed by atoms with Crippen molar-refractivity contribution in [1.82, 2.24) is 5.32 Å². The number of benzene rings is 1. The highest BCUT2D eigenvalue weighted by molar-refractivity contribution is 7.91. The summed E-state index contributed by atoms with van der Waals surface area (Å²) in [6.07, 6.45) is -0.804. The molecule has 1 saturated heterocycles. The minimum Gasteiger partial charge on any atom is -0.390 e. The molecule has 1 aromatic rings. The number of rotatable bonds is 3. The van der Waals surface area contributed by atoms with Crippen molar-refractivity contribution in [3.05, 3.63) is 35.4 Å². The van der Waals surface area contributed by atoms with Gasteiger partial charge in [0.25, 0.3) is 0 Å². The topological polar surface area (TPSA) is 66.4 Å². The summed E-state index contributed by atoms with van der Waals surface area (Å²) < 4.78 is 22.9. The Balaban J connectivity index is 2.09. The lowest BCUT2D eigenvalue weighted by Gasteiger charge is -2.22. The van der Waals surface area contributed by atoms with Crippen LogP contribution in [-0.4, -0.2) is 37.2 Å². The van der Waals surface area contributed by atoms with Gasteiger partial charge in [-0.05, 0) is 25.0 Å². The van der Waals surface area contributed by atoms with Gasteiger partial charge >= 0.3 is 0 Å². The van der Waals surface area contributed by atoms with Crippen molar-refractivity contribution in [3.8, 4) is 0 Å². The second kappa shape index (κ2) is 4.99. The van der Waals surface area contributed by atoms with E-state index in [0.29, 0.717) is 0 Å². The molecule has 2 rings (SSSR count). The van der Waals surface area contributed by atoms with Crippen LogP contribution in [0.15, 0.2) is 24.3 Å². The molecular formula is C13H19NO3S. The normalized spacial score (nSPS) is 28.2. The smallest absolute Gasteiger partial charge is 0.154 e. The zero-order valence-electron chi connectivity index (χ0n) is 10.6. The third-order valence-corrected chi connectivity index (χ3v) is 5.16. The second-order valence-electron chi connectivity index (χ2n) is 5.00. The fraction of sp³-hybridized carbons (Fsp3) is 0.538. The molecule has 1 aromatic carbocycles. The van der Waals surface area contributed by atoms with E-state index in [9.17, 15) is 13.5 Å². The van der Waals surface area contributed by atoms with Crippen LogP contribution in [0, 0.1) is 6.92 Å². The molecule has 18 heavy (non-hydrogen) atoms. The first-order chi connectivity index (χ1) is 8.39. The number of aryl methyl sites for hydroxylation is 1. The predicted octanol–water partition coefficient (Wildman–Crippen LogP) is 0.804. The zero-order valence-corrected chi connectivity index (χ0v) is 11.4. The molecule has 0 aliphatic carbocycles. The fourth-order valence-electron chi connectivity index (χ4n) is 2.47. The number of hydrogen-bond donors (Lipinski definition) is 2. The predicted molar refractivity (Wildman–Crippen MR) is 71.2 cm³/mol. The Bertz CT molecular complexity index is 527. The van der Waals surface area contributed by atoms with Gasteiger partial charge in [-0.25, -0.2) is 8.42 Å². The van der Waals surface area contributed by atoms with Crippen molar-refractivity contribution in [3.63, 3.8) is 0 Å². The largest absolute Gasteiger partial charge is 0.390 e. The Morgan fingerprint density at radius 2 is 2.00 bits per heavy atom. The van der Waals surface area contributed by atoms with E-state index in [1.54, 1.807) is 0 Å². The van der Waals surface area contributed by atoms with Crippen LogP contribution in [0.25, 0.3) is 0 Å². The first-order valence-electron chi connectivity index (χ1n) is 6.09. The molecule has 0 spiro atoms. The maximum Gasteiger partial charge on any atom is 0.154 e. The van der Waals surface area contributed by atoms with Crippen LogP contribution in [0.5, 0.6) is 0 Å². The maximum atomic E-state index is 11.4. The summed E-state index contributed by atoms with van der Waals surface area (Å²) >= 11 is 0. The fourth-order valence-corrected chi connectivity index (χ4v) is 4.23. The Morgan fingerprint density at radius 3 is 2.56 bits per heavy atom. The minimum atomic E-state index is -3.10. The molecule has 2 unspecified atom stereocenters. The molecule has 0 bridgehead atoms. The lowest BCUT2D eigenvalue weighted by atomic mass is 10.0. The van der Waals surface area contributed by atoms with E-state index in [1.165, 1.54) is 0 Å². The van der Waals surface area contributed by atoms with Gasteiger partial charge in [0, 0.05) is 12.1 Å². The first-order valence-corrected chi connectivity index (χ1v) is 7.91. The van der Waals surface area contributed by atoms with E-state index >= 15 is 0 Å². The molecule has 0 radical (unpaired) electrons. The van der Waals surface area contributed by atoms with Crippen LogP contribution in [0.1, 0.15) is 24.1 Å². The van der Waals surface area contributed by atoms with Crippen LogP contribution in [-0.2, 0) is 9.84 Å². The summed E-state index contributed by atoms with van der Waals surface area (Å²) in [5.74, 6) is -0.116. The molecule has 0 amide bonds. The summed E-state index contributed by atoms with van der Waals surface area (Å²) in [5, 5.41) is 13.0. The lowest BCUT2D eigenvalue weighted by molar-refractivity contribution is 0.160. The molecule has 0 saturated carbocycles. The van der Waals surface area contributed by atoms with Crippen molar-refractivity contribution >= 4 is 9.84 Å². The molecular weight excluding hydrogens is 250 g/mol. The monoisotopic (exact) mass is 269 g/mol. The highest BCUT2D eigenvalue weighted by Crippen LogP contribution is 2.20. The third kappa shape index (κ3) is 2.91. The van der Waals surface area contributed by atoms with Crippen LogP contribution >= 0.6 is 0 Å². The van der Waals surface area contributed by atoms with E-state index < -0.39 is 15.9 Å². The SMILES string of the molecule is Cc1ccccc1[C@H](C)NC1CS(=O)(=O)CC1O. The van der Waals surface area contributed by atoms with Gasteiger partial charge in [0.2, 0.25) is 0 Å². The van der Waals surface area contributed by atoms with E-state index in [4.69, 9.17) is 0 Å². The van der Waals surface area contributed by atoms with Crippen molar-refractivity contribution in [2.45, 2.75) is 32.0 Å². The Hall–Kier alpha value is -0.910. The highest BCUT2D eigenvalue weighted by atomic mass is 32.2.